The van der Waals surface area contributed by atoms with E-state index in [9.17, 15) is 0 Å². The summed E-state index contributed by atoms with van der Waals surface area (Å²) in [7, 11) is 2.02. The first-order valence-corrected chi connectivity index (χ1v) is 5.42. The first-order chi connectivity index (χ1) is 6.41. The second-order valence-electron chi connectivity index (χ2n) is 4.35. The van der Waals surface area contributed by atoms with E-state index < -0.39 is 0 Å². The van der Waals surface area contributed by atoms with E-state index in [1.54, 1.807) is 0 Å². The van der Waals surface area contributed by atoms with Gasteiger partial charge in [0.1, 0.15) is 0 Å². The standard InChI is InChI=1S/C13H25N/c1-8-11(4)12(5,9-2)13(6,10-3)14-7/h8,14H,1,4,9-10H2,2-3,5-7H3. The molecule has 0 aliphatic rings. The summed E-state index contributed by atoms with van der Waals surface area (Å²) in [6.45, 7) is 16.9. The first kappa shape index (κ1) is 13.4. The molecule has 0 rings (SSSR count). The van der Waals surface area contributed by atoms with Crippen molar-refractivity contribution in [3.05, 3.63) is 24.8 Å². The van der Waals surface area contributed by atoms with Crippen LogP contribution < -0.4 is 5.32 Å². The summed E-state index contributed by atoms with van der Waals surface area (Å²) < 4.78 is 0. The number of allylic oxidation sites excluding steroid dienone is 1. The third-order valence-electron chi connectivity index (χ3n) is 4.14. The van der Waals surface area contributed by atoms with E-state index in [-0.39, 0.29) is 11.0 Å². The van der Waals surface area contributed by atoms with Crippen LogP contribution in [0.3, 0.4) is 0 Å². The molecule has 0 bridgehead atoms. The lowest BCUT2D eigenvalue weighted by Gasteiger charge is -2.47. The molecule has 1 heteroatoms. The van der Waals surface area contributed by atoms with Crippen molar-refractivity contribution in [3.63, 3.8) is 0 Å². The van der Waals surface area contributed by atoms with Gasteiger partial charge < -0.3 is 5.32 Å². The lowest BCUT2D eigenvalue weighted by Crippen LogP contribution is -2.53. The minimum atomic E-state index is 0.0816. The third-order valence-corrected chi connectivity index (χ3v) is 4.14. The molecule has 0 heterocycles. The van der Waals surface area contributed by atoms with Crippen molar-refractivity contribution in [2.24, 2.45) is 5.41 Å². The van der Waals surface area contributed by atoms with Crippen molar-refractivity contribution >= 4 is 0 Å². The molecule has 0 aliphatic heterocycles. The Labute approximate surface area is 89.3 Å². The molecule has 0 fully saturated rings. The van der Waals surface area contributed by atoms with Crippen LogP contribution in [0.1, 0.15) is 40.5 Å². The topological polar surface area (TPSA) is 12.0 Å². The maximum atomic E-state index is 4.12. The molecular weight excluding hydrogens is 170 g/mol. The molecule has 0 saturated carbocycles. The van der Waals surface area contributed by atoms with Crippen molar-refractivity contribution in [1.29, 1.82) is 0 Å². The molecule has 0 aromatic carbocycles. The number of hydrogen-bond donors (Lipinski definition) is 1. The lowest BCUT2D eigenvalue weighted by atomic mass is 9.64. The van der Waals surface area contributed by atoms with E-state index in [4.69, 9.17) is 0 Å². The average molecular weight is 195 g/mol. The Morgan fingerprint density at radius 3 is 2.00 bits per heavy atom. The second-order valence-corrected chi connectivity index (χ2v) is 4.35. The van der Waals surface area contributed by atoms with Crippen molar-refractivity contribution in [2.75, 3.05) is 7.05 Å². The Balaban J connectivity index is 5.19. The van der Waals surface area contributed by atoms with Crippen LogP contribution in [-0.4, -0.2) is 12.6 Å². The molecule has 0 radical (unpaired) electrons. The highest BCUT2D eigenvalue weighted by Crippen LogP contribution is 2.42. The quantitative estimate of drug-likeness (QED) is 0.639. The third kappa shape index (κ3) is 1.93. The van der Waals surface area contributed by atoms with Gasteiger partial charge in [-0.25, -0.2) is 0 Å². The summed E-state index contributed by atoms with van der Waals surface area (Å²) in [4.78, 5) is 0. The van der Waals surface area contributed by atoms with E-state index in [0.29, 0.717) is 0 Å². The van der Waals surface area contributed by atoms with Crippen molar-refractivity contribution in [2.45, 2.75) is 46.1 Å². The van der Waals surface area contributed by atoms with Gasteiger partial charge in [-0.3, -0.25) is 0 Å². The fourth-order valence-electron chi connectivity index (χ4n) is 2.04. The Kier molecular flexibility index (Phi) is 4.60. The predicted molar refractivity (Wildman–Crippen MR) is 65.5 cm³/mol. The Morgan fingerprint density at radius 1 is 1.29 bits per heavy atom. The zero-order valence-electron chi connectivity index (χ0n) is 10.4. The van der Waals surface area contributed by atoms with Crippen LogP contribution >= 0.6 is 0 Å². The molecule has 14 heavy (non-hydrogen) atoms. The Bertz CT molecular complexity index is 213. The maximum absolute atomic E-state index is 4.12. The normalized spacial score (nSPS) is 19.5. The molecule has 82 valence electrons. The van der Waals surface area contributed by atoms with Crippen LogP contribution in [0.5, 0.6) is 0 Å². The van der Waals surface area contributed by atoms with Crippen molar-refractivity contribution in [3.8, 4) is 0 Å². The molecule has 0 amide bonds. The molecule has 1 N–H and O–H groups in total. The molecule has 0 aromatic rings. The molecule has 0 spiro atoms. The fourth-order valence-corrected chi connectivity index (χ4v) is 2.04. The first-order valence-electron chi connectivity index (χ1n) is 5.42. The van der Waals surface area contributed by atoms with Gasteiger partial charge in [-0.2, -0.15) is 0 Å². The summed E-state index contributed by atoms with van der Waals surface area (Å²) in [5.74, 6) is 0. The minimum absolute atomic E-state index is 0.0816. The van der Waals surface area contributed by atoms with E-state index in [0.717, 1.165) is 18.4 Å². The largest absolute Gasteiger partial charge is 0.314 e. The van der Waals surface area contributed by atoms with E-state index >= 15 is 0 Å². The number of hydrogen-bond acceptors (Lipinski definition) is 1. The van der Waals surface area contributed by atoms with Crippen molar-refractivity contribution < 1.29 is 0 Å². The smallest absolute Gasteiger partial charge is 0.0241 e. The molecule has 2 unspecified atom stereocenters. The molecule has 0 aromatic heterocycles. The van der Waals surface area contributed by atoms with Crippen LogP contribution in [0.15, 0.2) is 24.8 Å². The van der Waals surface area contributed by atoms with Crippen LogP contribution in [0.2, 0.25) is 0 Å². The molecular formula is C13H25N. The zero-order chi connectivity index (χ0) is 11.4. The monoisotopic (exact) mass is 195 g/mol. The maximum Gasteiger partial charge on any atom is 0.0241 e. The molecule has 1 nitrogen and oxygen atoms in total. The summed E-state index contributed by atoms with van der Waals surface area (Å²) >= 11 is 0. The van der Waals surface area contributed by atoms with Crippen LogP contribution in [0.4, 0.5) is 0 Å². The van der Waals surface area contributed by atoms with Gasteiger partial charge in [-0.1, -0.05) is 40.0 Å². The van der Waals surface area contributed by atoms with Gasteiger partial charge in [0.15, 0.2) is 0 Å². The average Bonchev–Trinajstić information content (AvgIpc) is 2.25. The summed E-state index contributed by atoms with van der Waals surface area (Å²) in [6, 6.07) is 0. The molecule has 2 atom stereocenters. The van der Waals surface area contributed by atoms with Gasteiger partial charge in [0.2, 0.25) is 0 Å². The van der Waals surface area contributed by atoms with Gasteiger partial charge in [0.25, 0.3) is 0 Å². The summed E-state index contributed by atoms with van der Waals surface area (Å²) in [6.07, 6.45) is 4.04. The predicted octanol–water partition coefficient (Wildman–Crippen LogP) is 3.53. The highest BCUT2D eigenvalue weighted by Gasteiger charge is 2.41. The fraction of sp³-hybridized carbons (Fsp3) is 0.692. The van der Waals surface area contributed by atoms with Gasteiger partial charge in [0, 0.05) is 11.0 Å². The van der Waals surface area contributed by atoms with E-state index in [1.165, 1.54) is 0 Å². The Morgan fingerprint density at radius 2 is 1.79 bits per heavy atom. The zero-order valence-corrected chi connectivity index (χ0v) is 10.4. The highest BCUT2D eigenvalue weighted by molar-refractivity contribution is 5.26. The SMILES string of the molecule is C=CC(=C)C(C)(CC)C(C)(CC)NC. The van der Waals surface area contributed by atoms with Gasteiger partial charge in [0.05, 0.1) is 0 Å². The van der Waals surface area contributed by atoms with Crippen LogP contribution in [-0.2, 0) is 0 Å². The molecule has 0 saturated heterocycles. The van der Waals surface area contributed by atoms with Crippen molar-refractivity contribution in [1.82, 2.24) is 5.32 Å². The van der Waals surface area contributed by atoms with Crippen LogP contribution in [0, 0.1) is 5.41 Å². The lowest BCUT2D eigenvalue weighted by molar-refractivity contribution is 0.158. The van der Waals surface area contributed by atoms with Gasteiger partial charge in [-0.15, -0.1) is 0 Å². The highest BCUT2D eigenvalue weighted by atomic mass is 15.0. The van der Waals surface area contributed by atoms with Gasteiger partial charge in [-0.05, 0) is 32.4 Å². The molecule has 0 aliphatic carbocycles. The van der Waals surface area contributed by atoms with Gasteiger partial charge >= 0.3 is 0 Å². The minimum Gasteiger partial charge on any atom is -0.314 e. The van der Waals surface area contributed by atoms with Crippen LogP contribution in [0.25, 0.3) is 0 Å². The van der Waals surface area contributed by atoms with E-state index in [2.05, 4.69) is 46.2 Å². The van der Waals surface area contributed by atoms with E-state index in [1.807, 2.05) is 13.1 Å². The second kappa shape index (κ2) is 4.79. The Hall–Kier alpha value is -0.560. The summed E-state index contributed by atoms with van der Waals surface area (Å²) in [5, 5.41) is 3.43. The number of nitrogens with one attached hydrogen (secondary N) is 1. The number of rotatable bonds is 6. The summed E-state index contributed by atoms with van der Waals surface area (Å²) in [5.41, 5.74) is 1.30.